The van der Waals surface area contributed by atoms with E-state index in [1.807, 2.05) is 6.07 Å². The summed E-state index contributed by atoms with van der Waals surface area (Å²) in [6, 6.07) is 6.75. The molecule has 2 fully saturated rings. The van der Waals surface area contributed by atoms with Crippen LogP contribution in [0.1, 0.15) is 25.7 Å². The van der Waals surface area contributed by atoms with E-state index in [1.165, 1.54) is 25.7 Å². The van der Waals surface area contributed by atoms with E-state index in [0.717, 1.165) is 25.6 Å². The van der Waals surface area contributed by atoms with Crippen molar-refractivity contribution in [3.63, 3.8) is 0 Å². The number of sulfonamides is 1. The monoisotopic (exact) mass is 322 g/mol. The SMILES string of the molecule is O=S1(=O)NC2CN(CC3CCCC3)CC2Oc2ccccc21. The van der Waals surface area contributed by atoms with E-state index < -0.39 is 10.0 Å². The van der Waals surface area contributed by atoms with Crippen molar-refractivity contribution in [3.8, 4) is 5.75 Å². The van der Waals surface area contributed by atoms with Gasteiger partial charge in [0.2, 0.25) is 10.0 Å². The number of nitrogens with zero attached hydrogens (tertiary/aromatic N) is 1. The maximum Gasteiger partial charge on any atom is 0.244 e. The second-order valence-corrected chi connectivity index (χ2v) is 8.38. The molecule has 2 aliphatic heterocycles. The number of hydrogen-bond donors (Lipinski definition) is 1. The normalized spacial score (nSPS) is 31.3. The molecular formula is C16H22N2O3S. The zero-order valence-corrected chi connectivity index (χ0v) is 13.4. The van der Waals surface area contributed by atoms with Gasteiger partial charge in [0.1, 0.15) is 16.7 Å². The first-order valence-electron chi connectivity index (χ1n) is 8.12. The summed E-state index contributed by atoms with van der Waals surface area (Å²) in [6.07, 6.45) is 5.19. The Morgan fingerprint density at radius 2 is 1.95 bits per heavy atom. The van der Waals surface area contributed by atoms with Crippen molar-refractivity contribution < 1.29 is 13.2 Å². The van der Waals surface area contributed by atoms with Crippen molar-refractivity contribution in [1.82, 2.24) is 9.62 Å². The third kappa shape index (κ3) is 2.64. The van der Waals surface area contributed by atoms with Crippen molar-refractivity contribution in [1.29, 1.82) is 0 Å². The second-order valence-electron chi connectivity index (χ2n) is 6.70. The van der Waals surface area contributed by atoms with Crippen LogP contribution in [-0.2, 0) is 10.0 Å². The fraction of sp³-hybridized carbons (Fsp3) is 0.625. The third-order valence-corrected chi connectivity index (χ3v) is 6.59. The van der Waals surface area contributed by atoms with Gasteiger partial charge in [0.15, 0.2) is 0 Å². The summed E-state index contributed by atoms with van der Waals surface area (Å²) in [4.78, 5) is 2.62. The van der Waals surface area contributed by atoms with Crippen LogP contribution in [0.15, 0.2) is 29.2 Å². The lowest BCUT2D eigenvalue weighted by molar-refractivity contribution is 0.180. The van der Waals surface area contributed by atoms with Gasteiger partial charge in [0, 0.05) is 19.6 Å². The highest BCUT2D eigenvalue weighted by atomic mass is 32.2. The minimum Gasteiger partial charge on any atom is -0.486 e. The highest BCUT2D eigenvalue weighted by Crippen LogP contribution is 2.32. The lowest BCUT2D eigenvalue weighted by Gasteiger charge is -2.20. The number of likely N-dealkylation sites (tertiary alicyclic amines) is 1. The number of hydrogen-bond acceptors (Lipinski definition) is 4. The average molecular weight is 322 g/mol. The Kier molecular flexibility index (Phi) is 3.63. The second kappa shape index (κ2) is 5.51. The van der Waals surface area contributed by atoms with Gasteiger partial charge in [-0.3, -0.25) is 4.90 Å². The number of fused-ring (bicyclic) bond motifs is 2. The quantitative estimate of drug-likeness (QED) is 0.898. The van der Waals surface area contributed by atoms with Crippen molar-refractivity contribution >= 4 is 10.0 Å². The Labute approximate surface area is 131 Å². The molecule has 0 bridgehead atoms. The zero-order chi connectivity index (χ0) is 15.2. The van der Waals surface area contributed by atoms with Crippen LogP contribution >= 0.6 is 0 Å². The Bertz CT molecular complexity index is 655. The standard InChI is InChI=1S/C16H22N2O3S/c19-22(20)16-8-4-3-7-14(16)21-15-11-18(10-13(15)17-22)9-12-5-1-2-6-12/h3-4,7-8,12-13,15,17H,1-2,5-6,9-11H2. The van der Waals surface area contributed by atoms with Gasteiger partial charge in [-0.05, 0) is 30.9 Å². The van der Waals surface area contributed by atoms with Gasteiger partial charge in [-0.25, -0.2) is 13.1 Å². The van der Waals surface area contributed by atoms with E-state index in [4.69, 9.17) is 4.74 Å². The molecule has 0 radical (unpaired) electrons. The molecule has 5 nitrogen and oxygen atoms in total. The highest BCUT2D eigenvalue weighted by Gasteiger charge is 2.41. The first-order valence-corrected chi connectivity index (χ1v) is 9.60. The molecular weight excluding hydrogens is 300 g/mol. The van der Waals surface area contributed by atoms with Crippen LogP contribution in [-0.4, -0.2) is 45.1 Å². The van der Waals surface area contributed by atoms with Gasteiger partial charge in [-0.15, -0.1) is 0 Å². The number of ether oxygens (including phenoxy) is 1. The fourth-order valence-corrected chi connectivity index (χ4v) is 5.38. The van der Waals surface area contributed by atoms with E-state index >= 15 is 0 Å². The van der Waals surface area contributed by atoms with Crippen LogP contribution in [0.5, 0.6) is 5.75 Å². The van der Waals surface area contributed by atoms with Crippen molar-refractivity contribution in [2.45, 2.75) is 42.7 Å². The van der Waals surface area contributed by atoms with Gasteiger partial charge < -0.3 is 4.74 Å². The van der Waals surface area contributed by atoms with Gasteiger partial charge in [-0.2, -0.15) is 0 Å². The maximum atomic E-state index is 12.5. The zero-order valence-electron chi connectivity index (χ0n) is 12.6. The topological polar surface area (TPSA) is 58.6 Å². The van der Waals surface area contributed by atoms with E-state index in [9.17, 15) is 8.42 Å². The van der Waals surface area contributed by atoms with Crippen LogP contribution in [0.2, 0.25) is 0 Å². The molecule has 1 aromatic carbocycles. The molecule has 1 aromatic rings. The summed E-state index contributed by atoms with van der Waals surface area (Å²) in [5.74, 6) is 1.25. The van der Waals surface area contributed by atoms with Crippen molar-refractivity contribution in [3.05, 3.63) is 24.3 Å². The average Bonchev–Trinajstić information content (AvgIpc) is 3.08. The third-order valence-electron chi connectivity index (χ3n) is 5.06. The summed E-state index contributed by atoms with van der Waals surface area (Å²) in [6.45, 7) is 2.62. The first-order chi connectivity index (χ1) is 10.6. The molecule has 1 N–H and O–H groups in total. The Morgan fingerprint density at radius 3 is 2.77 bits per heavy atom. The summed E-state index contributed by atoms with van der Waals surface area (Å²) in [5, 5.41) is 0. The predicted molar refractivity (Wildman–Crippen MR) is 83.4 cm³/mol. The molecule has 1 saturated heterocycles. The summed E-state index contributed by atoms with van der Waals surface area (Å²) >= 11 is 0. The molecule has 3 aliphatic rings. The molecule has 22 heavy (non-hydrogen) atoms. The molecule has 120 valence electrons. The van der Waals surface area contributed by atoms with Gasteiger partial charge in [0.25, 0.3) is 0 Å². The molecule has 2 atom stereocenters. The minimum absolute atomic E-state index is 0.0974. The van der Waals surface area contributed by atoms with Gasteiger partial charge in [0.05, 0.1) is 6.04 Å². The van der Waals surface area contributed by atoms with E-state index in [0.29, 0.717) is 5.75 Å². The largest absolute Gasteiger partial charge is 0.486 e. The smallest absolute Gasteiger partial charge is 0.244 e. The van der Waals surface area contributed by atoms with Crippen LogP contribution < -0.4 is 9.46 Å². The number of rotatable bonds is 2. The Hall–Kier alpha value is -1.11. The lowest BCUT2D eigenvalue weighted by Crippen LogP contribution is -2.42. The number of benzene rings is 1. The molecule has 1 saturated carbocycles. The van der Waals surface area contributed by atoms with Crippen LogP contribution in [0.3, 0.4) is 0 Å². The maximum absolute atomic E-state index is 12.5. The number of para-hydroxylation sites is 1. The van der Waals surface area contributed by atoms with Crippen LogP contribution in [0, 0.1) is 5.92 Å². The summed E-state index contributed by atoms with van der Waals surface area (Å²) in [7, 11) is -3.49. The Morgan fingerprint density at radius 1 is 1.18 bits per heavy atom. The molecule has 1 aliphatic carbocycles. The van der Waals surface area contributed by atoms with Crippen molar-refractivity contribution in [2.75, 3.05) is 19.6 Å². The lowest BCUT2D eigenvalue weighted by atomic mass is 10.1. The number of nitrogens with one attached hydrogen (secondary N) is 1. The molecule has 6 heteroatoms. The molecule has 0 aromatic heterocycles. The summed E-state index contributed by atoms with van der Waals surface area (Å²) in [5.41, 5.74) is 0. The predicted octanol–water partition coefficient (Wildman–Crippen LogP) is 1.60. The fourth-order valence-electron chi connectivity index (χ4n) is 3.99. The first kappa shape index (κ1) is 14.5. The molecule has 2 heterocycles. The van der Waals surface area contributed by atoms with Crippen LogP contribution in [0.4, 0.5) is 0 Å². The summed E-state index contributed by atoms with van der Waals surface area (Å²) < 4.78 is 33.8. The van der Waals surface area contributed by atoms with E-state index in [2.05, 4.69) is 9.62 Å². The Balaban J connectivity index is 1.54. The highest BCUT2D eigenvalue weighted by molar-refractivity contribution is 7.89. The molecule has 2 unspecified atom stereocenters. The van der Waals surface area contributed by atoms with E-state index in [-0.39, 0.29) is 17.0 Å². The van der Waals surface area contributed by atoms with Gasteiger partial charge >= 0.3 is 0 Å². The van der Waals surface area contributed by atoms with Gasteiger partial charge in [-0.1, -0.05) is 25.0 Å². The van der Waals surface area contributed by atoms with Crippen LogP contribution in [0.25, 0.3) is 0 Å². The molecule has 0 spiro atoms. The molecule has 4 rings (SSSR count). The van der Waals surface area contributed by atoms with Crippen molar-refractivity contribution in [2.24, 2.45) is 5.92 Å². The minimum atomic E-state index is -3.49. The molecule has 0 amide bonds. The van der Waals surface area contributed by atoms with E-state index in [1.54, 1.807) is 18.2 Å².